The van der Waals surface area contributed by atoms with Gasteiger partial charge in [-0.25, -0.2) is 0 Å². The number of amides is 1. The molecule has 0 aliphatic carbocycles. The summed E-state index contributed by atoms with van der Waals surface area (Å²) in [4.78, 5) is 12.4. The molecule has 1 aliphatic rings. The molecule has 1 amide bonds. The summed E-state index contributed by atoms with van der Waals surface area (Å²) < 4.78 is 12.7. The first-order chi connectivity index (χ1) is 13.6. The van der Waals surface area contributed by atoms with E-state index in [2.05, 4.69) is 22.1 Å². The standard InChI is InChI=1S/C20H26N4O3S/c1-4-11-24-18(15-7-9-16(26-3)10-8-15)22-23-20(24)28-14(2)19(25)21-13-17-6-5-12-27-17/h4,7-10,14,17H,1,5-6,11-13H2,2-3H3,(H,21,25). The molecule has 0 spiro atoms. The van der Waals surface area contributed by atoms with Gasteiger partial charge in [0.2, 0.25) is 5.91 Å². The van der Waals surface area contributed by atoms with Crippen LogP contribution < -0.4 is 10.1 Å². The maximum Gasteiger partial charge on any atom is 0.233 e. The lowest BCUT2D eigenvalue weighted by molar-refractivity contribution is -0.120. The van der Waals surface area contributed by atoms with Gasteiger partial charge in [-0.2, -0.15) is 0 Å². The second kappa shape index (κ2) is 9.75. The fraction of sp³-hybridized carbons (Fsp3) is 0.450. The van der Waals surface area contributed by atoms with E-state index >= 15 is 0 Å². The highest BCUT2D eigenvalue weighted by Gasteiger charge is 2.22. The van der Waals surface area contributed by atoms with Crippen LogP contribution in [0, 0.1) is 0 Å². The van der Waals surface area contributed by atoms with Gasteiger partial charge in [-0.15, -0.1) is 16.8 Å². The lowest BCUT2D eigenvalue weighted by Gasteiger charge is -2.15. The topological polar surface area (TPSA) is 78.3 Å². The number of carbonyl (C=O) groups is 1. The predicted octanol–water partition coefficient (Wildman–Crippen LogP) is 2.92. The zero-order chi connectivity index (χ0) is 19.9. The Kier molecular flexibility index (Phi) is 7.11. The molecule has 1 fully saturated rings. The predicted molar refractivity (Wildman–Crippen MR) is 110 cm³/mol. The molecular formula is C20H26N4O3S. The number of carbonyl (C=O) groups excluding carboxylic acids is 1. The smallest absolute Gasteiger partial charge is 0.233 e. The number of ether oxygens (including phenoxy) is 2. The molecule has 1 aromatic heterocycles. The molecule has 8 heteroatoms. The Labute approximate surface area is 169 Å². The Morgan fingerprint density at radius 3 is 2.89 bits per heavy atom. The number of allylic oxidation sites excluding steroid dienone is 1. The number of hydrogen-bond acceptors (Lipinski definition) is 6. The SMILES string of the molecule is C=CCn1c(SC(C)C(=O)NCC2CCCO2)nnc1-c1ccc(OC)cc1. The van der Waals surface area contributed by atoms with Crippen LogP contribution in [-0.2, 0) is 16.1 Å². The van der Waals surface area contributed by atoms with Gasteiger partial charge in [0, 0.05) is 25.3 Å². The van der Waals surface area contributed by atoms with Crippen LogP contribution in [0.4, 0.5) is 0 Å². The Balaban J connectivity index is 1.69. The summed E-state index contributed by atoms with van der Waals surface area (Å²) in [6.45, 7) is 7.59. The van der Waals surface area contributed by atoms with Crippen LogP contribution >= 0.6 is 11.8 Å². The fourth-order valence-electron chi connectivity index (χ4n) is 3.00. The van der Waals surface area contributed by atoms with Crippen LogP contribution in [0.3, 0.4) is 0 Å². The average molecular weight is 403 g/mol. The maximum absolute atomic E-state index is 12.4. The summed E-state index contributed by atoms with van der Waals surface area (Å²) in [6, 6.07) is 7.65. The number of benzene rings is 1. The number of nitrogens with zero attached hydrogens (tertiary/aromatic N) is 3. The molecule has 150 valence electrons. The minimum Gasteiger partial charge on any atom is -0.497 e. The number of aromatic nitrogens is 3. The third-order valence-electron chi connectivity index (χ3n) is 4.56. The van der Waals surface area contributed by atoms with E-state index in [9.17, 15) is 4.79 Å². The number of methoxy groups -OCH3 is 1. The van der Waals surface area contributed by atoms with Gasteiger partial charge in [-0.05, 0) is 44.0 Å². The minimum absolute atomic E-state index is 0.0281. The van der Waals surface area contributed by atoms with Crippen molar-refractivity contribution in [3.63, 3.8) is 0 Å². The van der Waals surface area contributed by atoms with E-state index in [-0.39, 0.29) is 17.3 Å². The first-order valence-corrected chi connectivity index (χ1v) is 10.2. The summed E-state index contributed by atoms with van der Waals surface area (Å²) in [5.74, 6) is 1.49. The second-order valence-corrected chi connectivity index (χ2v) is 7.88. The lowest BCUT2D eigenvalue weighted by atomic mass is 10.2. The van der Waals surface area contributed by atoms with Gasteiger partial charge < -0.3 is 14.8 Å². The molecule has 1 saturated heterocycles. The van der Waals surface area contributed by atoms with E-state index in [1.807, 2.05) is 35.8 Å². The van der Waals surface area contributed by atoms with Gasteiger partial charge in [-0.1, -0.05) is 17.8 Å². The minimum atomic E-state index is -0.294. The summed E-state index contributed by atoms with van der Waals surface area (Å²) in [5.41, 5.74) is 0.928. The highest BCUT2D eigenvalue weighted by atomic mass is 32.2. The van der Waals surface area contributed by atoms with Gasteiger partial charge in [0.25, 0.3) is 0 Å². The van der Waals surface area contributed by atoms with E-state index in [0.29, 0.717) is 18.2 Å². The van der Waals surface area contributed by atoms with E-state index in [0.717, 1.165) is 36.6 Å². The molecule has 0 saturated carbocycles. The summed E-state index contributed by atoms with van der Waals surface area (Å²) in [6.07, 6.45) is 3.99. The third-order valence-corrected chi connectivity index (χ3v) is 5.64. The normalized spacial score (nSPS) is 17.3. The Hall–Kier alpha value is -2.32. The van der Waals surface area contributed by atoms with E-state index in [1.54, 1.807) is 13.2 Å². The van der Waals surface area contributed by atoms with Crippen LogP contribution in [0.1, 0.15) is 19.8 Å². The summed E-state index contributed by atoms with van der Waals surface area (Å²) in [5, 5.41) is 12.0. The molecule has 2 heterocycles. The number of thioether (sulfide) groups is 1. The maximum atomic E-state index is 12.4. The van der Waals surface area contributed by atoms with Crippen molar-refractivity contribution in [2.45, 2.75) is 42.8 Å². The molecule has 28 heavy (non-hydrogen) atoms. The van der Waals surface area contributed by atoms with Gasteiger partial charge in [0.05, 0.1) is 18.5 Å². The summed E-state index contributed by atoms with van der Waals surface area (Å²) in [7, 11) is 1.63. The zero-order valence-electron chi connectivity index (χ0n) is 16.3. The third kappa shape index (κ3) is 4.94. The van der Waals surface area contributed by atoms with Crippen molar-refractivity contribution in [1.29, 1.82) is 0 Å². The van der Waals surface area contributed by atoms with Crippen molar-refractivity contribution in [2.24, 2.45) is 0 Å². The zero-order valence-corrected chi connectivity index (χ0v) is 17.1. The van der Waals surface area contributed by atoms with E-state index < -0.39 is 0 Å². The van der Waals surface area contributed by atoms with Crippen LogP contribution in [-0.4, -0.2) is 52.3 Å². The molecule has 1 aromatic carbocycles. The van der Waals surface area contributed by atoms with Gasteiger partial charge in [0.1, 0.15) is 5.75 Å². The molecule has 1 N–H and O–H groups in total. The Morgan fingerprint density at radius 1 is 1.46 bits per heavy atom. The van der Waals surface area contributed by atoms with Gasteiger partial charge in [-0.3, -0.25) is 9.36 Å². The van der Waals surface area contributed by atoms with E-state index in [1.165, 1.54) is 11.8 Å². The lowest BCUT2D eigenvalue weighted by Crippen LogP contribution is -2.36. The van der Waals surface area contributed by atoms with Gasteiger partial charge in [0.15, 0.2) is 11.0 Å². The molecular weight excluding hydrogens is 376 g/mol. The molecule has 2 unspecified atom stereocenters. The van der Waals surface area contributed by atoms with Crippen molar-refractivity contribution in [3.8, 4) is 17.1 Å². The first kappa shape index (κ1) is 20.4. The van der Waals surface area contributed by atoms with Crippen LogP contribution in [0.25, 0.3) is 11.4 Å². The highest BCUT2D eigenvalue weighted by molar-refractivity contribution is 8.00. The molecule has 3 rings (SSSR count). The summed E-state index contributed by atoms with van der Waals surface area (Å²) >= 11 is 1.39. The molecule has 2 atom stereocenters. The Morgan fingerprint density at radius 2 is 2.25 bits per heavy atom. The molecule has 0 radical (unpaired) electrons. The Bertz CT molecular complexity index is 800. The van der Waals surface area contributed by atoms with Crippen LogP contribution in [0.5, 0.6) is 5.75 Å². The molecule has 2 aromatic rings. The fourth-order valence-corrected chi connectivity index (χ4v) is 3.88. The van der Waals surface area contributed by atoms with Crippen molar-refractivity contribution in [3.05, 3.63) is 36.9 Å². The molecule has 1 aliphatic heterocycles. The van der Waals surface area contributed by atoms with Crippen molar-refractivity contribution >= 4 is 17.7 Å². The second-order valence-electron chi connectivity index (χ2n) is 6.57. The number of nitrogens with one attached hydrogen (secondary N) is 1. The first-order valence-electron chi connectivity index (χ1n) is 9.37. The quantitative estimate of drug-likeness (QED) is 0.513. The number of hydrogen-bond donors (Lipinski definition) is 1. The highest BCUT2D eigenvalue weighted by Crippen LogP contribution is 2.28. The van der Waals surface area contributed by atoms with Crippen molar-refractivity contribution in [2.75, 3.05) is 20.3 Å². The van der Waals surface area contributed by atoms with Crippen LogP contribution in [0.15, 0.2) is 42.1 Å². The van der Waals surface area contributed by atoms with Gasteiger partial charge >= 0.3 is 0 Å². The van der Waals surface area contributed by atoms with Crippen molar-refractivity contribution in [1.82, 2.24) is 20.1 Å². The number of rotatable bonds is 9. The average Bonchev–Trinajstić information content (AvgIpc) is 3.37. The monoisotopic (exact) mass is 402 g/mol. The van der Waals surface area contributed by atoms with Crippen LogP contribution in [0.2, 0.25) is 0 Å². The van der Waals surface area contributed by atoms with Crippen molar-refractivity contribution < 1.29 is 14.3 Å². The van der Waals surface area contributed by atoms with E-state index in [4.69, 9.17) is 9.47 Å². The molecule has 7 nitrogen and oxygen atoms in total. The largest absolute Gasteiger partial charge is 0.497 e. The molecule has 0 bridgehead atoms.